The lowest BCUT2D eigenvalue weighted by Crippen LogP contribution is -2.23. The molecule has 6 nitrogen and oxygen atoms in total. The number of fused-ring (bicyclic) bond motifs is 2. The van der Waals surface area contributed by atoms with Crippen LogP contribution in [0, 0.1) is 0 Å². The van der Waals surface area contributed by atoms with Crippen molar-refractivity contribution in [3.05, 3.63) is 65.2 Å². The fraction of sp³-hybridized carbons (Fsp3) is 0.182. The summed E-state index contributed by atoms with van der Waals surface area (Å²) < 4.78 is 12.9. The third-order valence-electron chi connectivity index (χ3n) is 4.97. The average Bonchev–Trinajstić information content (AvgIpc) is 3.48. The molecule has 0 atom stereocenters. The Bertz CT molecular complexity index is 1210. The van der Waals surface area contributed by atoms with Gasteiger partial charge >= 0.3 is 0 Å². The third kappa shape index (κ3) is 3.23. The second kappa shape index (κ2) is 7.25. The molecule has 3 heterocycles. The van der Waals surface area contributed by atoms with E-state index in [0.29, 0.717) is 18.0 Å². The second-order valence-corrected chi connectivity index (χ2v) is 7.60. The number of nitrogens with one attached hydrogen (secondary N) is 1. The quantitative estimate of drug-likeness (QED) is 0.533. The normalized spacial score (nSPS) is 12.4. The number of hydrogen-bond acceptors (Lipinski definition) is 5. The van der Waals surface area contributed by atoms with Crippen LogP contribution in [0.3, 0.4) is 0 Å². The molecule has 1 aliphatic rings. The first-order valence-corrected chi connectivity index (χ1v) is 10.3. The number of aromatic nitrogens is 2. The number of amides is 1. The summed E-state index contributed by atoms with van der Waals surface area (Å²) in [5.74, 6) is 1.25. The molecule has 7 heteroatoms. The zero-order chi connectivity index (χ0) is 19.8. The Balaban J connectivity index is 1.34. The van der Waals surface area contributed by atoms with E-state index < -0.39 is 0 Å². The maximum Gasteiger partial charge on any atom is 0.271 e. The van der Waals surface area contributed by atoms with Gasteiger partial charge in [-0.2, -0.15) is 0 Å². The Labute approximate surface area is 171 Å². The van der Waals surface area contributed by atoms with E-state index in [-0.39, 0.29) is 12.7 Å². The minimum Gasteiger partial charge on any atom is -0.454 e. The number of carbonyl (C=O) groups excluding carboxylic acids is 1. The molecule has 2 aromatic carbocycles. The molecule has 29 heavy (non-hydrogen) atoms. The number of benzene rings is 2. The molecular weight excluding hydrogens is 386 g/mol. The molecule has 0 saturated heterocycles. The van der Waals surface area contributed by atoms with Gasteiger partial charge in [0.05, 0.1) is 5.69 Å². The first-order valence-electron chi connectivity index (χ1n) is 9.44. The van der Waals surface area contributed by atoms with Crippen LogP contribution in [0.5, 0.6) is 11.5 Å². The smallest absolute Gasteiger partial charge is 0.271 e. The first kappa shape index (κ1) is 17.8. The van der Waals surface area contributed by atoms with Crippen molar-refractivity contribution in [2.24, 2.45) is 0 Å². The van der Waals surface area contributed by atoms with Gasteiger partial charge in [-0.3, -0.25) is 4.79 Å². The molecule has 2 aromatic heterocycles. The van der Waals surface area contributed by atoms with E-state index in [1.165, 1.54) is 22.2 Å². The topological polar surface area (TPSA) is 65.4 Å². The van der Waals surface area contributed by atoms with Crippen molar-refractivity contribution in [3.63, 3.8) is 0 Å². The Hall–Kier alpha value is -3.32. The number of para-hydroxylation sites is 1. The molecule has 5 rings (SSSR count). The molecule has 1 aliphatic heterocycles. The van der Waals surface area contributed by atoms with Gasteiger partial charge in [0.15, 0.2) is 11.5 Å². The summed E-state index contributed by atoms with van der Waals surface area (Å²) in [4.78, 5) is 17.2. The van der Waals surface area contributed by atoms with E-state index >= 15 is 0 Å². The van der Waals surface area contributed by atoms with Gasteiger partial charge < -0.3 is 19.4 Å². The number of carbonyl (C=O) groups is 1. The summed E-state index contributed by atoms with van der Waals surface area (Å²) in [6.07, 6.45) is 0. The molecule has 0 bridgehead atoms. The van der Waals surface area contributed by atoms with E-state index in [2.05, 4.69) is 40.0 Å². The molecule has 0 spiro atoms. The molecule has 0 radical (unpaired) electrons. The predicted molar refractivity (Wildman–Crippen MR) is 112 cm³/mol. The number of nitrogens with zero attached hydrogens (tertiary/aromatic N) is 2. The number of rotatable bonds is 5. The number of ether oxygens (including phenoxy) is 2. The Morgan fingerprint density at radius 2 is 2.03 bits per heavy atom. The minimum absolute atomic E-state index is 0.190. The van der Waals surface area contributed by atoms with Crippen LogP contribution in [0.4, 0.5) is 0 Å². The zero-order valence-electron chi connectivity index (χ0n) is 15.8. The Morgan fingerprint density at radius 1 is 1.17 bits per heavy atom. The maximum atomic E-state index is 12.6. The van der Waals surface area contributed by atoms with Crippen molar-refractivity contribution in [2.45, 2.75) is 20.0 Å². The van der Waals surface area contributed by atoms with Crippen LogP contribution < -0.4 is 14.8 Å². The van der Waals surface area contributed by atoms with Gasteiger partial charge in [-0.1, -0.05) is 24.3 Å². The van der Waals surface area contributed by atoms with Crippen molar-refractivity contribution in [1.82, 2.24) is 14.9 Å². The molecule has 146 valence electrons. The lowest BCUT2D eigenvalue weighted by Gasteiger charge is -2.06. The van der Waals surface area contributed by atoms with Crippen LogP contribution in [0.1, 0.15) is 23.0 Å². The van der Waals surface area contributed by atoms with E-state index in [1.807, 2.05) is 35.7 Å². The molecule has 1 amide bonds. The fourth-order valence-corrected chi connectivity index (χ4v) is 4.37. The number of thiazole rings is 1. The molecule has 0 unspecified atom stereocenters. The Kier molecular flexibility index (Phi) is 4.44. The van der Waals surface area contributed by atoms with Gasteiger partial charge in [-0.15, -0.1) is 11.3 Å². The Morgan fingerprint density at radius 3 is 2.93 bits per heavy atom. The maximum absolute atomic E-state index is 12.6. The average molecular weight is 405 g/mol. The summed E-state index contributed by atoms with van der Waals surface area (Å²) in [5, 5.41) is 6.75. The SMILES string of the molecule is CCn1c(-c2nc(C(=O)NCc3ccc4c(c3)OCO4)cs2)cc2ccccc21. The highest BCUT2D eigenvalue weighted by Gasteiger charge is 2.17. The standard InChI is InChI=1S/C22H19N3O3S/c1-2-25-17-6-4-3-5-15(17)10-18(25)22-24-16(12-29-22)21(26)23-11-14-7-8-19-20(9-14)28-13-27-19/h3-10,12H,2,11,13H2,1H3,(H,23,26). The lowest BCUT2D eigenvalue weighted by atomic mass is 10.2. The summed E-state index contributed by atoms with van der Waals surface area (Å²) in [6.45, 7) is 3.59. The first-order chi connectivity index (χ1) is 14.2. The summed E-state index contributed by atoms with van der Waals surface area (Å²) >= 11 is 1.48. The minimum atomic E-state index is -0.190. The summed E-state index contributed by atoms with van der Waals surface area (Å²) in [6, 6.07) is 16.1. The van der Waals surface area contributed by atoms with E-state index in [0.717, 1.165) is 28.6 Å². The molecule has 1 N–H and O–H groups in total. The van der Waals surface area contributed by atoms with Crippen LogP contribution in [0.2, 0.25) is 0 Å². The van der Waals surface area contributed by atoms with Gasteiger partial charge in [0, 0.05) is 29.4 Å². The van der Waals surface area contributed by atoms with Crippen molar-refractivity contribution in [2.75, 3.05) is 6.79 Å². The summed E-state index contributed by atoms with van der Waals surface area (Å²) in [7, 11) is 0. The highest BCUT2D eigenvalue weighted by Crippen LogP contribution is 2.33. The number of hydrogen-bond donors (Lipinski definition) is 1. The lowest BCUT2D eigenvalue weighted by molar-refractivity contribution is 0.0946. The monoisotopic (exact) mass is 405 g/mol. The van der Waals surface area contributed by atoms with Gasteiger partial charge in [0.2, 0.25) is 6.79 Å². The predicted octanol–water partition coefficient (Wildman–Crippen LogP) is 4.44. The second-order valence-electron chi connectivity index (χ2n) is 6.74. The molecule has 4 aromatic rings. The van der Waals surface area contributed by atoms with Gasteiger partial charge in [0.1, 0.15) is 10.7 Å². The fourth-order valence-electron chi connectivity index (χ4n) is 3.55. The highest BCUT2D eigenvalue weighted by atomic mass is 32.1. The largest absolute Gasteiger partial charge is 0.454 e. The zero-order valence-corrected chi connectivity index (χ0v) is 16.7. The molecule has 0 saturated carbocycles. The van der Waals surface area contributed by atoms with E-state index in [1.54, 1.807) is 0 Å². The van der Waals surface area contributed by atoms with E-state index in [4.69, 9.17) is 9.47 Å². The number of aryl methyl sites for hydroxylation is 1. The van der Waals surface area contributed by atoms with Crippen LogP contribution in [0.25, 0.3) is 21.6 Å². The highest BCUT2D eigenvalue weighted by molar-refractivity contribution is 7.13. The molecular formula is C22H19N3O3S. The van der Waals surface area contributed by atoms with Gasteiger partial charge in [0.25, 0.3) is 5.91 Å². The van der Waals surface area contributed by atoms with Gasteiger partial charge in [-0.25, -0.2) is 4.98 Å². The van der Waals surface area contributed by atoms with Gasteiger partial charge in [-0.05, 0) is 36.8 Å². The van der Waals surface area contributed by atoms with Crippen LogP contribution in [-0.4, -0.2) is 22.3 Å². The van der Waals surface area contributed by atoms with E-state index in [9.17, 15) is 4.79 Å². The van der Waals surface area contributed by atoms with Crippen molar-refractivity contribution < 1.29 is 14.3 Å². The molecule has 0 aliphatic carbocycles. The summed E-state index contributed by atoms with van der Waals surface area (Å²) in [5.41, 5.74) is 3.59. The van der Waals surface area contributed by atoms with Crippen molar-refractivity contribution in [1.29, 1.82) is 0 Å². The van der Waals surface area contributed by atoms with Crippen molar-refractivity contribution in [3.8, 4) is 22.2 Å². The van der Waals surface area contributed by atoms with Crippen molar-refractivity contribution >= 4 is 28.1 Å². The van der Waals surface area contributed by atoms with Crippen LogP contribution in [0.15, 0.2) is 53.9 Å². The van der Waals surface area contributed by atoms with Crippen LogP contribution in [-0.2, 0) is 13.1 Å². The van der Waals surface area contributed by atoms with Crippen LogP contribution >= 0.6 is 11.3 Å². The molecule has 0 fully saturated rings. The third-order valence-corrected chi connectivity index (χ3v) is 5.84.